The Bertz CT molecular complexity index is 88.2. The largest absolute Gasteiger partial charge is 0.0856 e. The van der Waals surface area contributed by atoms with Gasteiger partial charge in [-0.15, -0.1) is 0 Å². The molecule has 0 bridgehead atoms. The second-order valence-electron chi connectivity index (χ2n) is 2.94. The van der Waals surface area contributed by atoms with Crippen LogP contribution in [0.2, 0.25) is 0 Å². The van der Waals surface area contributed by atoms with E-state index in [-0.39, 0.29) is 0 Å². The van der Waals surface area contributed by atoms with E-state index in [0.717, 1.165) is 12.3 Å². The first-order chi connectivity index (χ1) is 4.16. The van der Waals surface area contributed by atoms with Gasteiger partial charge >= 0.3 is 0 Å². The third kappa shape index (κ3) is 5.61. The molecule has 53 valence electrons. The standard InChI is InChI=1S/C9H17/c1-5-6-9(4)7-8(2)3/h6,8H,1,5,7H2,2-4H3/b9-6+. The average Bonchev–Trinajstić information content (AvgIpc) is 1.63. The van der Waals surface area contributed by atoms with Crippen LogP contribution in [0.25, 0.3) is 0 Å². The molecule has 0 saturated carbocycles. The predicted octanol–water partition coefficient (Wildman–Crippen LogP) is 3.20. The third-order valence-electron chi connectivity index (χ3n) is 1.22. The van der Waals surface area contributed by atoms with Crippen LogP contribution in [0.15, 0.2) is 11.6 Å². The SMILES string of the molecule is [CH2]C/C=C(\C)CC(C)C. The maximum atomic E-state index is 3.76. The number of hydrogen-bond donors (Lipinski definition) is 0. The Kier molecular flexibility index (Phi) is 4.47. The number of rotatable bonds is 3. The van der Waals surface area contributed by atoms with E-state index in [2.05, 4.69) is 33.8 Å². The molecule has 0 unspecified atom stereocenters. The van der Waals surface area contributed by atoms with Crippen LogP contribution >= 0.6 is 0 Å². The Hall–Kier alpha value is -0.260. The quantitative estimate of drug-likeness (QED) is 0.508. The summed E-state index contributed by atoms with van der Waals surface area (Å²) in [5, 5.41) is 0. The second kappa shape index (κ2) is 4.60. The van der Waals surface area contributed by atoms with E-state index in [1.54, 1.807) is 0 Å². The van der Waals surface area contributed by atoms with E-state index in [1.807, 2.05) is 0 Å². The van der Waals surface area contributed by atoms with Crippen LogP contribution in [0, 0.1) is 12.8 Å². The summed E-state index contributed by atoms with van der Waals surface area (Å²) in [7, 11) is 0. The summed E-state index contributed by atoms with van der Waals surface area (Å²) in [6.07, 6.45) is 4.34. The molecule has 0 aromatic heterocycles. The molecule has 0 spiro atoms. The normalized spacial score (nSPS) is 12.8. The van der Waals surface area contributed by atoms with Gasteiger partial charge in [0.1, 0.15) is 0 Å². The van der Waals surface area contributed by atoms with Crippen molar-refractivity contribution in [3.8, 4) is 0 Å². The van der Waals surface area contributed by atoms with Crippen LogP contribution in [0.5, 0.6) is 0 Å². The molecule has 0 fully saturated rings. The van der Waals surface area contributed by atoms with E-state index in [4.69, 9.17) is 0 Å². The van der Waals surface area contributed by atoms with Crippen molar-refractivity contribution in [3.63, 3.8) is 0 Å². The molecule has 0 atom stereocenters. The molecule has 0 nitrogen and oxygen atoms in total. The summed E-state index contributed by atoms with van der Waals surface area (Å²) >= 11 is 0. The summed E-state index contributed by atoms with van der Waals surface area (Å²) in [6, 6.07) is 0. The zero-order valence-corrected chi connectivity index (χ0v) is 6.78. The van der Waals surface area contributed by atoms with Gasteiger partial charge in [0.2, 0.25) is 0 Å². The zero-order valence-electron chi connectivity index (χ0n) is 6.78. The van der Waals surface area contributed by atoms with Gasteiger partial charge in [0.05, 0.1) is 0 Å². The lowest BCUT2D eigenvalue weighted by Gasteiger charge is -2.02. The van der Waals surface area contributed by atoms with Gasteiger partial charge in [-0.3, -0.25) is 0 Å². The first-order valence-corrected chi connectivity index (χ1v) is 3.61. The van der Waals surface area contributed by atoms with Gasteiger partial charge in [-0.05, 0) is 32.6 Å². The smallest absolute Gasteiger partial charge is 0.0300 e. The van der Waals surface area contributed by atoms with Crippen LogP contribution in [-0.2, 0) is 0 Å². The highest BCUT2D eigenvalue weighted by molar-refractivity contribution is 4.98. The van der Waals surface area contributed by atoms with Gasteiger partial charge in [0, 0.05) is 0 Å². The molecule has 0 N–H and O–H groups in total. The molecule has 0 aliphatic rings. The molecule has 0 rings (SSSR count). The lowest BCUT2D eigenvalue weighted by molar-refractivity contribution is 0.641. The first kappa shape index (κ1) is 8.74. The van der Waals surface area contributed by atoms with E-state index in [9.17, 15) is 0 Å². The highest BCUT2D eigenvalue weighted by Crippen LogP contribution is 2.09. The van der Waals surface area contributed by atoms with E-state index in [1.165, 1.54) is 12.0 Å². The maximum absolute atomic E-state index is 3.76. The van der Waals surface area contributed by atoms with Gasteiger partial charge in [-0.1, -0.05) is 25.5 Å². The third-order valence-corrected chi connectivity index (χ3v) is 1.22. The number of hydrogen-bond acceptors (Lipinski definition) is 0. The second-order valence-corrected chi connectivity index (χ2v) is 2.94. The molecule has 0 aromatic carbocycles. The topological polar surface area (TPSA) is 0 Å². The Morgan fingerprint density at radius 1 is 1.56 bits per heavy atom. The molecule has 0 amide bonds. The highest BCUT2D eigenvalue weighted by atomic mass is 14.0. The molecule has 0 heteroatoms. The zero-order chi connectivity index (χ0) is 7.28. The van der Waals surface area contributed by atoms with Crippen LogP contribution in [-0.4, -0.2) is 0 Å². The fourth-order valence-corrected chi connectivity index (χ4v) is 0.974. The lowest BCUT2D eigenvalue weighted by Crippen LogP contribution is -1.87. The van der Waals surface area contributed by atoms with Crippen molar-refractivity contribution in [3.05, 3.63) is 18.6 Å². The Balaban J connectivity index is 3.49. The molecule has 0 aliphatic heterocycles. The Morgan fingerprint density at radius 3 is 2.44 bits per heavy atom. The summed E-state index contributed by atoms with van der Waals surface area (Å²) in [4.78, 5) is 0. The van der Waals surface area contributed by atoms with Crippen molar-refractivity contribution in [2.45, 2.75) is 33.6 Å². The Morgan fingerprint density at radius 2 is 2.11 bits per heavy atom. The highest BCUT2D eigenvalue weighted by Gasteiger charge is 1.92. The summed E-state index contributed by atoms with van der Waals surface area (Å²) < 4.78 is 0. The van der Waals surface area contributed by atoms with Gasteiger partial charge in [-0.25, -0.2) is 0 Å². The fraction of sp³-hybridized carbons (Fsp3) is 0.667. The minimum Gasteiger partial charge on any atom is -0.0856 e. The van der Waals surface area contributed by atoms with Crippen LogP contribution in [0.4, 0.5) is 0 Å². The van der Waals surface area contributed by atoms with Gasteiger partial charge in [-0.2, -0.15) is 0 Å². The Labute approximate surface area is 59.0 Å². The van der Waals surface area contributed by atoms with Gasteiger partial charge < -0.3 is 0 Å². The molecule has 0 saturated heterocycles. The molecule has 1 radical (unpaired) electrons. The minimum absolute atomic E-state index is 0.785. The van der Waals surface area contributed by atoms with Crippen molar-refractivity contribution in [1.29, 1.82) is 0 Å². The van der Waals surface area contributed by atoms with Crippen LogP contribution in [0.3, 0.4) is 0 Å². The van der Waals surface area contributed by atoms with E-state index < -0.39 is 0 Å². The van der Waals surface area contributed by atoms with Gasteiger partial charge in [0.15, 0.2) is 0 Å². The van der Waals surface area contributed by atoms with E-state index in [0.29, 0.717) is 0 Å². The van der Waals surface area contributed by atoms with E-state index >= 15 is 0 Å². The predicted molar refractivity (Wildman–Crippen MR) is 43.2 cm³/mol. The minimum atomic E-state index is 0.785. The van der Waals surface area contributed by atoms with Crippen LogP contribution in [0.1, 0.15) is 33.6 Å². The fourth-order valence-electron chi connectivity index (χ4n) is 0.974. The summed E-state index contributed by atoms with van der Waals surface area (Å²) in [5.74, 6) is 0.785. The molecule has 0 heterocycles. The van der Waals surface area contributed by atoms with Gasteiger partial charge in [0.25, 0.3) is 0 Å². The maximum Gasteiger partial charge on any atom is -0.0300 e. The van der Waals surface area contributed by atoms with Crippen molar-refractivity contribution < 1.29 is 0 Å². The monoisotopic (exact) mass is 125 g/mol. The van der Waals surface area contributed by atoms with Crippen molar-refractivity contribution in [2.75, 3.05) is 0 Å². The molecular weight excluding hydrogens is 108 g/mol. The molecular formula is C9H17. The molecule has 0 aromatic rings. The number of allylic oxidation sites excluding steroid dienone is 2. The molecule has 0 aliphatic carbocycles. The lowest BCUT2D eigenvalue weighted by atomic mass is 10.0. The van der Waals surface area contributed by atoms with Crippen molar-refractivity contribution >= 4 is 0 Å². The summed E-state index contributed by atoms with van der Waals surface area (Å²) in [6.45, 7) is 10.4. The van der Waals surface area contributed by atoms with Crippen LogP contribution < -0.4 is 0 Å². The van der Waals surface area contributed by atoms with Crippen molar-refractivity contribution in [1.82, 2.24) is 0 Å². The first-order valence-electron chi connectivity index (χ1n) is 3.61. The molecule has 9 heavy (non-hydrogen) atoms. The summed E-state index contributed by atoms with van der Waals surface area (Å²) in [5.41, 5.74) is 1.47. The van der Waals surface area contributed by atoms with Crippen molar-refractivity contribution in [2.24, 2.45) is 5.92 Å². The average molecular weight is 125 g/mol.